The summed E-state index contributed by atoms with van der Waals surface area (Å²) < 4.78 is 0. The molecule has 0 unspecified atom stereocenters. The van der Waals surface area contributed by atoms with Crippen molar-refractivity contribution in [1.82, 2.24) is 14.8 Å². The van der Waals surface area contributed by atoms with E-state index in [-0.39, 0.29) is 5.91 Å². The molecule has 0 saturated heterocycles. The molecule has 0 bridgehead atoms. The number of hydrogen-bond donors (Lipinski definition) is 1. The fourth-order valence-electron chi connectivity index (χ4n) is 3.12. The molecule has 0 saturated carbocycles. The molecule has 2 heterocycles. The number of hydrogen-bond acceptors (Lipinski definition) is 4. The second kappa shape index (κ2) is 6.32. The Balaban J connectivity index is 1.62. The van der Waals surface area contributed by atoms with Crippen molar-refractivity contribution in [3.05, 3.63) is 78.1 Å². The van der Waals surface area contributed by atoms with Gasteiger partial charge in [-0.2, -0.15) is 0 Å². The van der Waals surface area contributed by atoms with Crippen LogP contribution in [0.1, 0.15) is 15.9 Å². The summed E-state index contributed by atoms with van der Waals surface area (Å²) in [4.78, 5) is 17.4. The van der Waals surface area contributed by atoms with Crippen LogP contribution in [0.25, 0.3) is 0 Å². The SMILES string of the molecule is O=C1c2ccccc2N(c2cnn(O)c2)CN1CCc1ccccc1. The van der Waals surface area contributed by atoms with Gasteiger partial charge >= 0.3 is 0 Å². The average Bonchev–Trinajstić information content (AvgIpc) is 3.08. The maximum absolute atomic E-state index is 12.8. The smallest absolute Gasteiger partial charge is 0.257 e. The van der Waals surface area contributed by atoms with E-state index in [4.69, 9.17) is 0 Å². The van der Waals surface area contributed by atoms with Crippen molar-refractivity contribution < 1.29 is 10.0 Å². The third-order valence-corrected chi connectivity index (χ3v) is 4.41. The predicted octanol–water partition coefficient (Wildman–Crippen LogP) is 2.91. The number of nitrogens with zero attached hydrogens (tertiary/aromatic N) is 4. The molecule has 0 atom stereocenters. The van der Waals surface area contributed by atoms with E-state index < -0.39 is 0 Å². The lowest BCUT2D eigenvalue weighted by atomic mass is 10.1. The molecular formula is C19H18N4O2. The van der Waals surface area contributed by atoms with Crippen molar-refractivity contribution >= 4 is 17.3 Å². The highest BCUT2D eigenvalue weighted by Crippen LogP contribution is 2.33. The minimum Gasteiger partial charge on any atom is -0.412 e. The average molecular weight is 334 g/mol. The lowest BCUT2D eigenvalue weighted by Gasteiger charge is -2.37. The number of anilines is 2. The number of para-hydroxylation sites is 1. The van der Waals surface area contributed by atoms with Crippen molar-refractivity contribution in [2.45, 2.75) is 6.42 Å². The van der Waals surface area contributed by atoms with Gasteiger partial charge in [0.2, 0.25) is 0 Å². The largest absolute Gasteiger partial charge is 0.412 e. The Labute approximate surface area is 145 Å². The number of fused-ring (bicyclic) bond motifs is 1. The van der Waals surface area contributed by atoms with E-state index in [1.54, 1.807) is 6.20 Å². The molecule has 1 aliphatic heterocycles. The molecule has 4 rings (SSSR count). The molecule has 25 heavy (non-hydrogen) atoms. The lowest BCUT2D eigenvalue weighted by molar-refractivity contribution is 0.0749. The highest BCUT2D eigenvalue weighted by atomic mass is 16.5. The second-order valence-corrected chi connectivity index (χ2v) is 6.01. The zero-order valence-electron chi connectivity index (χ0n) is 13.6. The number of benzene rings is 2. The highest BCUT2D eigenvalue weighted by Gasteiger charge is 2.30. The van der Waals surface area contributed by atoms with Crippen LogP contribution >= 0.6 is 0 Å². The van der Waals surface area contributed by atoms with Crippen LogP contribution in [0.4, 0.5) is 11.4 Å². The van der Waals surface area contributed by atoms with Crippen molar-refractivity contribution in [1.29, 1.82) is 0 Å². The number of rotatable bonds is 4. The van der Waals surface area contributed by atoms with Gasteiger partial charge in [-0.15, -0.1) is 9.94 Å². The third kappa shape index (κ3) is 2.94. The molecular weight excluding hydrogens is 316 g/mol. The highest BCUT2D eigenvalue weighted by molar-refractivity contribution is 6.02. The van der Waals surface area contributed by atoms with Gasteiger partial charge in [0.1, 0.15) is 0 Å². The van der Waals surface area contributed by atoms with E-state index in [0.29, 0.717) is 18.8 Å². The number of amides is 1. The van der Waals surface area contributed by atoms with Crippen molar-refractivity contribution in [3.8, 4) is 0 Å². The van der Waals surface area contributed by atoms with Gasteiger partial charge in [-0.3, -0.25) is 4.79 Å². The summed E-state index contributed by atoms with van der Waals surface area (Å²) in [6.07, 6.45) is 3.91. The Hall–Kier alpha value is -3.28. The standard InChI is InChI=1S/C19H18N4O2/c24-19-17-8-4-5-9-18(17)22(16-12-20-23(25)13-16)14-21(19)11-10-15-6-2-1-3-7-15/h1-9,12-13,25H,10-11,14H2. The maximum atomic E-state index is 12.8. The van der Waals surface area contributed by atoms with E-state index in [2.05, 4.69) is 17.2 Å². The zero-order valence-corrected chi connectivity index (χ0v) is 13.6. The summed E-state index contributed by atoms with van der Waals surface area (Å²) in [5, 5.41) is 13.3. The van der Waals surface area contributed by atoms with Gasteiger partial charge in [0, 0.05) is 6.54 Å². The summed E-state index contributed by atoms with van der Waals surface area (Å²) in [6, 6.07) is 17.6. The molecule has 1 aromatic heterocycles. The molecule has 0 aliphatic carbocycles. The summed E-state index contributed by atoms with van der Waals surface area (Å²) in [7, 11) is 0. The Kier molecular flexibility index (Phi) is 3.85. The Morgan fingerprint density at radius 2 is 1.80 bits per heavy atom. The van der Waals surface area contributed by atoms with E-state index in [1.807, 2.05) is 52.3 Å². The van der Waals surface area contributed by atoms with Crippen LogP contribution in [-0.4, -0.2) is 39.2 Å². The van der Waals surface area contributed by atoms with Gasteiger partial charge in [0.15, 0.2) is 0 Å². The summed E-state index contributed by atoms with van der Waals surface area (Å²) in [5.41, 5.74) is 3.43. The number of aromatic nitrogens is 2. The number of carbonyl (C=O) groups excluding carboxylic acids is 1. The summed E-state index contributed by atoms with van der Waals surface area (Å²) >= 11 is 0. The van der Waals surface area contributed by atoms with Crippen molar-refractivity contribution in [3.63, 3.8) is 0 Å². The van der Waals surface area contributed by atoms with Crippen LogP contribution < -0.4 is 4.90 Å². The van der Waals surface area contributed by atoms with Gasteiger partial charge in [-0.1, -0.05) is 42.5 Å². The molecule has 0 fully saturated rings. The molecule has 0 spiro atoms. The fourth-order valence-corrected chi connectivity index (χ4v) is 3.12. The zero-order chi connectivity index (χ0) is 17.2. The van der Waals surface area contributed by atoms with Gasteiger partial charge in [-0.05, 0) is 24.1 Å². The maximum Gasteiger partial charge on any atom is 0.257 e. The molecule has 1 aliphatic rings. The second-order valence-electron chi connectivity index (χ2n) is 6.01. The normalized spacial score (nSPS) is 13.8. The molecule has 2 aromatic carbocycles. The Bertz CT molecular complexity index is 891. The van der Waals surface area contributed by atoms with Crippen LogP contribution in [0, 0.1) is 0 Å². The van der Waals surface area contributed by atoms with Gasteiger partial charge in [0.25, 0.3) is 5.91 Å². The molecule has 6 nitrogen and oxygen atoms in total. The van der Waals surface area contributed by atoms with Gasteiger partial charge in [-0.25, -0.2) is 0 Å². The minimum absolute atomic E-state index is 0.0270. The van der Waals surface area contributed by atoms with Crippen molar-refractivity contribution in [2.24, 2.45) is 0 Å². The van der Waals surface area contributed by atoms with Crippen LogP contribution in [0.2, 0.25) is 0 Å². The number of carbonyl (C=O) groups is 1. The van der Waals surface area contributed by atoms with E-state index >= 15 is 0 Å². The topological polar surface area (TPSA) is 61.6 Å². The first-order valence-electron chi connectivity index (χ1n) is 8.16. The molecule has 3 aromatic rings. The van der Waals surface area contributed by atoms with Crippen molar-refractivity contribution in [2.75, 3.05) is 18.1 Å². The first kappa shape index (κ1) is 15.3. The van der Waals surface area contributed by atoms with E-state index in [1.165, 1.54) is 11.8 Å². The first-order valence-corrected chi connectivity index (χ1v) is 8.16. The molecule has 6 heteroatoms. The third-order valence-electron chi connectivity index (χ3n) is 4.41. The fraction of sp³-hybridized carbons (Fsp3) is 0.158. The Morgan fingerprint density at radius 3 is 2.56 bits per heavy atom. The summed E-state index contributed by atoms with van der Waals surface area (Å²) in [6.45, 7) is 1.05. The van der Waals surface area contributed by atoms with Crippen LogP contribution in [0.3, 0.4) is 0 Å². The molecule has 1 N–H and O–H groups in total. The molecule has 1 amide bonds. The van der Waals surface area contributed by atoms with Gasteiger partial charge < -0.3 is 15.0 Å². The first-order chi connectivity index (χ1) is 12.2. The monoisotopic (exact) mass is 334 g/mol. The summed E-state index contributed by atoms with van der Waals surface area (Å²) in [5.74, 6) is 0.0270. The lowest BCUT2D eigenvalue weighted by Crippen LogP contribution is -2.45. The van der Waals surface area contributed by atoms with Crippen LogP contribution in [0.5, 0.6) is 0 Å². The quantitative estimate of drug-likeness (QED) is 0.745. The molecule has 126 valence electrons. The van der Waals surface area contributed by atoms with Crippen LogP contribution in [-0.2, 0) is 6.42 Å². The Morgan fingerprint density at radius 1 is 1.04 bits per heavy atom. The van der Waals surface area contributed by atoms with E-state index in [9.17, 15) is 10.0 Å². The van der Waals surface area contributed by atoms with Crippen LogP contribution in [0.15, 0.2) is 67.0 Å². The van der Waals surface area contributed by atoms with E-state index in [0.717, 1.165) is 22.6 Å². The minimum atomic E-state index is 0.0270. The predicted molar refractivity (Wildman–Crippen MR) is 94.0 cm³/mol. The van der Waals surface area contributed by atoms with Gasteiger partial charge in [0.05, 0.1) is 36.0 Å². The molecule has 0 radical (unpaired) electrons.